The summed E-state index contributed by atoms with van der Waals surface area (Å²) in [6, 6.07) is 1.83. The molecule has 0 aromatic carbocycles. The van der Waals surface area contributed by atoms with Gasteiger partial charge < -0.3 is 5.11 Å². The summed E-state index contributed by atoms with van der Waals surface area (Å²) in [5, 5.41) is 19.5. The topological polar surface area (TPSA) is 55.9 Å². The molecule has 104 valence electrons. The molecule has 0 saturated carbocycles. The zero-order valence-corrected chi connectivity index (χ0v) is 12.2. The lowest BCUT2D eigenvalue weighted by molar-refractivity contribution is 0.164. The van der Waals surface area contributed by atoms with Gasteiger partial charge in [0.2, 0.25) is 0 Å². The molecule has 0 amide bonds. The maximum Gasteiger partial charge on any atom is 0.101 e. The van der Waals surface area contributed by atoms with Crippen LogP contribution in [0.5, 0.6) is 0 Å². The summed E-state index contributed by atoms with van der Waals surface area (Å²) in [7, 11) is 0. The van der Waals surface area contributed by atoms with Gasteiger partial charge in [0, 0.05) is 25.7 Å². The molecule has 5 nitrogen and oxygen atoms in total. The van der Waals surface area contributed by atoms with E-state index in [1.54, 1.807) is 10.9 Å². The Kier molecular flexibility index (Phi) is 4.27. The van der Waals surface area contributed by atoms with Gasteiger partial charge in [-0.2, -0.15) is 10.2 Å². The summed E-state index contributed by atoms with van der Waals surface area (Å²) >= 11 is 6.25. The fraction of sp³-hybridized carbons (Fsp3) is 0.538. The van der Waals surface area contributed by atoms with Gasteiger partial charge in [0.1, 0.15) is 6.10 Å². The van der Waals surface area contributed by atoms with Crippen molar-refractivity contribution in [1.82, 2.24) is 19.6 Å². The Bertz CT molecular complexity index is 561. The molecular weight excluding hydrogens is 264 g/mol. The summed E-state index contributed by atoms with van der Waals surface area (Å²) in [6.45, 7) is 7.36. The standard InChI is InChI=1S/C13H19ClN4O/c1-4-17-10(6-7-15-17)12(19)8-11-13(14)9(3)16-18(11)5-2/h6-7,12,19H,4-5,8H2,1-3H3. The quantitative estimate of drug-likeness (QED) is 0.916. The average molecular weight is 283 g/mol. The number of rotatable bonds is 5. The highest BCUT2D eigenvalue weighted by atomic mass is 35.5. The van der Waals surface area contributed by atoms with Gasteiger partial charge in [0.15, 0.2) is 0 Å². The van der Waals surface area contributed by atoms with E-state index in [2.05, 4.69) is 10.2 Å². The van der Waals surface area contributed by atoms with Crippen LogP contribution >= 0.6 is 11.6 Å². The number of halogens is 1. The van der Waals surface area contributed by atoms with E-state index < -0.39 is 6.10 Å². The van der Waals surface area contributed by atoms with Crippen molar-refractivity contribution in [3.63, 3.8) is 0 Å². The van der Waals surface area contributed by atoms with Crippen molar-refractivity contribution in [2.45, 2.75) is 46.4 Å². The lowest BCUT2D eigenvalue weighted by Crippen LogP contribution is -2.13. The molecule has 0 aliphatic heterocycles. The molecule has 0 radical (unpaired) electrons. The van der Waals surface area contributed by atoms with E-state index in [0.29, 0.717) is 11.4 Å². The Balaban J connectivity index is 2.26. The van der Waals surface area contributed by atoms with E-state index in [4.69, 9.17) is 11.6 Å². The van der Waals surface area contributed by atoms with Crippen LogP contribution in [-0.2, 0) is 19.5 Å². The average Bonchev–Trinajstić information content (AvgIpc) is 2.98. The highest BCUT2D eigenvalue weighted by Crippen LogP contribution is 2.26. The summed E-state index contributed by atoms with van der Waals surface area (Å²) in [4.78, 5) is 0. The second-order valence-electron chi connectivity index (χ2n) is 4.45. The van der Waals surface area contributed by atoms with Crippen molar-refractivity contribution < 1.29 is 5.11 Å². The first-order valence-electron chi connectivity index (χ1n) is 6.50. The Morgan fingerprint density at radius 2 is 2.00 bits per heavy atom. The van der Waals surface area contributed by atoms with Crippen molar-refractivity contribution in [2.24, 2.45) is 0 Å². The van der Waals surface area contributed by atoms with Crippen LogP contribution in [0.15, 0.2) is 12.3 Å². The number of aryl methyl sites for hydroxylation is 3. The SMILES string of the molecule is CCn1nccc1C(O)Cc1c(Cl)c(C)nn1CC. The Morgan fingerprint density at radius 3 is 2.63 bits per heavy atom. The maximum absolute atomic E-state index is 10.4. The Labute approximate surface area is 117 Å². The highest BCUT2D eigenvalue weighted by Gasteiger charge is 2.19. The van der Waals surface area contributed by atoms with Gasteiger partial charge in [-0.3, -0.25) is 9.36 Å². The predicted molar refractivity (Wildman–Crippen MR) is 74.2 cm³/mol. The first kappa shape index (κ1) is 14.1. The lowest BCUT2D eigenvalue weighted by Gasteiger charge is -2.13. The van der Waals surface area contributed by atoms with Gasteiger partial charge in [0.25, 0.3) is 0 Å². The first-order chi connectivity index (χ1) is 9.08. The molecule has 0 aliphatic carbocycles. The minimum absolute atomic E-state index is 0.444. The Hall–Kier alpha value is -1.33. The number of nitrogens with zero attached hydrogens (tertiary/aromatic N) is 4. The van der Waals surface area contributed by atoms with Crippen LogP contribution in [0.4, 0.5) is 0 Å². The molecular formula is C13H19ClN4O. The van der Waals surface area contributed by atoms with Crippen molar-refractivity contribution in [2.75, 3.05) is 0 Å². The zero-order chi connectivity index (χ0) is 14.0. The van der Waals surface area contributed by atoms with E-state index >= 15 is 0 Å². The molecule has 2 rings (SSSR count). The van der Waals surface area contributed by atoms with Crippen molar-refractivity contribution in [3.8, 4) is 0 Å². The van der Waals surface area contributed by atoms with Gasteiger partial charge in [0.05, 0.1) is 22.1 Å². The van der Waals surface area contributed by atoms with Crippen molar-refractivity contribution in [3.05, 3.63) is 34.4 Å². The van der Waals surface area contributed by atoms with E-state index in [9.17, 15) is 5.11 Å². The van der Waals surface area contributed by atoms with E-state index in [0.717, 1.165) is 30.2 Å². The van der Waals surface area contributed by atoms with Crippen LogP contribution < -0.4 is 0 Å². The van der Waals surface area contributed by atoms with Crippen LogP contribution in [0, 0.1) is 6.92 Å². The van der Waals surface area contributed by atoms with Gasteiger partial charge in [-0.15, -0.1) is 0 Å². The molecule has 0 bridgehead atoms. The molecule has 1 atom stereocenters. The fourth-order valence-corrected chi connectivity index (χ4v) is 2.45. The number of aliphatic hydroxyl groups is 1. The molecule has 6 heteroatoms. The highest BCUT2D eigenvalue weighted by molar-refractivity contribution is 6.31. The third-order valence-corrected chi connectivity index (χ3v) is 3.72. The van der Waals surface area contributed by atoms with Gasteiger partial charge in [-0.25, -0.2) is 0 Å². The third kappa shape index (κ3) is 2.67. The van der Waals surface area contributed by atoms with Gasteiger partial charge in [-0.05, 0) is 26.8 Å². The van der Waals surface area contributed by atoms with Crippen LogP contribution in [0.25, 0.3) is 0 Å². The van der Waals surface area contributed by atoms with Crippen LogP contribution in [0.1, 0.15) is 37.0 Å². The van der Waals surface area contributed by atoms with Crippen LogP contribution in [0.3, 0.4) is 0 Å². The normalized spacial score (nSPS) is 12.9. The maximum atomic E-state index is 10.4. The minimum Gasteiger partial charge on any atom is -0.386 e. The van der Waals surface area contributed by atoms with E-state index in [1.165, 1.54) is 0 Å². The molecule has 0 aliphatic rings. The van der Waals surface area contributed by atoms with E-state index in [1.807, 2.05) is 31.5 Å². The third-order valence-electron chi connectivity index (χ3n) is 3.23. The summed E-state index contributed by atoms with van der Waals surface area (Å²) in [5.74, 6) is 0. The number of hydrogen-bond donors (Lipinski definition) is 1. The van der Waals surface area contributed by atoms with Gasteiger partial charge in [-0.1, -0.05) is 11.6 Å². The lowest BCUT2D eigenvalue weighted by atomic mass is 10.1. The molecule has 0 saturated heterocycles. The number of aromatic nitrogens is 4. The second kappa shape index (κ2) is 5.75. The largest absolute Gasteiger partial charge is 0.386 e. The first-order valence-corrected chi connectivity index (χ1v) is 6.87. The smallest absolute Gasteiger partial charge is 0.101 e. The predicted octanol–water partition coefficient (Wildman–Crippen LogP) is 2.36. The molecule has 0 fully saturated rings. The molecule has 2 heterocycles. The Morgan fingerprint density at radius 1 is 1.32 bits per heavy atom. The molecule has 2 aromatic rings. The van der Waals surface area contributed by atoms with Crippen LogP contribution in [0.2, 0.25) is 5.02 Å². The van der Waals surface area contributed by atoms with Gasteiger partial charge >= 0.3 is 0 Å². The van der Waals surface area contributed by atoms with Crippen molar-refractivity contribution in [1.29, 1.82) is 0 Å². The minimum atomic E-state index is -0.624. The molecule has 1 N–H and O–H groups in total. The molecule has 2 aromatic heterocycles. The van der Waals surface area contributed by atoms with Crippen molar-refractivity contribution >= 4 is 11.6 Å². The summed E-state index contributed by atoms with van der Waals surface area (Å²) in [5.41, 5.74) is 2.48. The summed E-state index contributed by atoms with van der Waals surface area (Å²) < 4.78 is 3.63. The number of aliphatic hydroxyl groups excluding tert-OH is 1. The fourth-order valence-electron chi connectivity index (χ4n) is 2.24. The summed E-state index contributed by atoms with van der Waals surface area (Å²) in [6.07, 6.45) is 1.52. The van der Waals surface area contributed by atoms with E-state index in [-0.39, 0.29) is 0 Å². The monoisotopic (exact) mass is 282 g/mol. The molecule has 0 spiro atoms. The van der Waals surface area contributed by atoms with Crippen LogP contribution in [-0.4, -0.2) is 24.7 Å². The second-order valence-corrected chi connectivity index (χ2v) is 4.83. The molecule has 19 heavy (non-hydrogen) atoms. The number of hydrogen-bond acceptors (Lipinski definition) is 3. The molecule has 1 unspecified atom stereocenters. The zero-order valence-electron chi connectivity index (χ0n) is 11.5.